The number of methoxy groups -OCH3 is 1. The summed E-state index contributed by atoms with van der Waals surface area (Å²) in [6, 6.07) is 15.3. The number of sulfonamides is 1. The van der Waals surface area contributed by atoms with E-state index in [0.29, 0.717) is 13.2 Å². The molecule has 4 rings (SSSR count). The lowest BCUT2D eigenvalue weighted by Crippen LogP contribution is -2.56. The van der Waals surface area contributed by atoms with Crippen molar-refractivity contribution in [2.24, 2.45) is 5.92 Å². The summed E-state index contributed by atoms with van der Waals surface area (Å²) in [5.74, 6) is 0.640. The number of hydrogen-bond donors (Lipinski definition) is 1. The van der Waals surface area contributed by atoms with Crippen molar-refractivity contribution < 1.29 is 32.2 Å². The van der Waals surface area contributed by atoms with Crippen LogP contribution in [0.2, 0.25) is 0 Å². The van der Waals surface area contributed by atoms with Crippen LogP contribution in [0.5, 0.6) is 11.5 Å². The summed E-state index contributed by atoms with van der Waals surface area (Å²) in [6.07, 6.45) is 3.32. The fourth-order valence-corrected chi connectivity index (χ4v) is 6.74. The molecule has 1 saturated heterocycles. The molecule has 11 heteroatoms. The summed E-state index contributed by atoms with van der Waals surface area (Å²) >= 11 is 0. The van der Waals surface area contributed by atoms with Crippen molar-refractivity contribution in [3.8, 4) is 11.5 Å². The molecule has 43 heavy (non-hydrogen) atoms. The first kappa shape index (κ1) is 32.8. The number of nitrogens with one attached hydrogen (secondary N) is 1. The Morgan fingerprint density at radius 2 is 1.65 bits per heavy atom. The maximum Gasteiger partial charge on any atom is 0.410 e. The van der Waals surface area contributed by atoms with E-state index in [9.17, 15) is 18.0 Å². The van der Waals surface area contributed by atoms with Crippen LogP contribution in [0.4, 0.5) is 4.79 Å². The van der Waals surface area contributed by atoms with Gasteiger partial charge in [-0.1, -0.05) is 36.4 Å². The number of ether oxygens (including phenoxy) is 3. The number of nitrogens with zero attached hydrogens (tertiary/aromatic N) is 2. The molecule has 236 valence electrons. The fourth-order valence-electron chi connectivity index (χ4n) is 6.04. The maximum atomic E-state index is 13.9. The number of likely N-dealkylation sites (N-methyl/N-ethyl adjacent to an activating group) is 1. The number of piperidine rings is 1. The zero-order valence-corrected chi connectivity index (χ0v) is 26.9. The lowest BCUT2D eigenvalue weighted by atomic mass is 9.69. The lowest BCUT2D eigenvalue weighted by Gasteiger charge is -2.42. The topological polar surface area (TPSA) is 114 Å². The van der Waals surface area contributed by atoms with Crippen LogP contribution in [0.3, 0.4) is 0 Å². The van der Waals surface area contributed by atoms with Crippen LogP contribution in [0.1, 0.15) is 57.6 Å². The minimum atomic E-state index is -3.56. The average molecular weight is 616 g/mol. The Kier molecular flexibility index (Phi) is 10.1. The second kappa shape index (κ2) is 13.2. The molecule has 10 nitrogen and oxygen atoms in total. The molecule has 0 bridgehead atoms. The molecule has 0 radical (unpaired) electrons. The molecule has 2 aromatic carbocycles. The molecule has 2 aliphatic heterocycles. The van der Waals surface area contributed by atoms with Gasteiger partial charge in [0.25, 0.3) is 0 Å². The molecular formula is C32H45N3O7S. The molecule has 2 aromatic rings. The number of fused-ring (bicyclic) bond motifs is 2. The van der Waals surface area contributed by atoms with Gasteiger partial charge in [0.1, 0.15) is 17.1 Å². The van der Waals surface area contributed by atoms with Crippen LogP contribution >= 0.6 is 0 Å². The Morgan fingerprint density at radius 1 is 1.05 bits per heavy atom. The van der Waals surface area contributed by atoms with Gasteiger partial charge >= 0.3 is 6.09 Å². The number of carbonyl (C=O) groups is 2. The zero-order valence-electron chi connectivity index (χ0n) is 26.1. The number of likely N-dealkylation sites (tertiary alicyclic amines) is 1. The lowest BCUT2D eigenvalue weighted by molar-refractivity contribution is -0.127. The third kappa shape index (κ3) is 7.69. The van der Waals surface area contributed by atoms with E-state index in [2.05, 4.69) is 17.4 Å². The van der Waals surface area contributed by atoms with E-state index >= 15 is 0 Å². The Labute approximate surface area is 255 Å². The Bertz CT molecular complexity index is 1360. The van der Waals surface area contributed by atoms with Crippen molar-refractivity contribution in [3.05, 3.63) is 59.7 Å². The number of para-hydroxylation sites is 2. The van der Waals surface area contributed by atoms with Crippen LogP contribution < -0.4 is 10.1 Å². The number of unbranched alkanes of at least 4 members (excludes halogenated alkanes) is 1. The molecule has 0 saturated carbocycles. The predicted octanol–water partition coefficient (Wildman–Crippen LogP) is 4.53. The maximum absolute atomic E-state index is 13.9. The van der Waals surface area contributed by atoms with Gasteiger partial charge < -0.3 is 24.4 Å². The van der Waals surface area contributed by atoms with Gasteiger partial charge in [0.15, 0.2) is 0 Å². The van der Waals surface area contributed by atoms with Gasteiger partial charge in [-0.3, -0.25) is 4.79 Å². The van der Waals surface area contributed by atoms with Gasteiger partial charge in [-0.2, -0.15) is 0 Å². The number of carbonyl (C=O) groups excluding carboxylic acids is 2. The van der Waals surface area contributed by atoms with E-state index in [-0.39, 0.29) is 25.4 Å². The van der Waals surface area contributed by atoms with E-state index in [1.165, 1.54) is 16.3 Å². The average Bonchev–Trinajstić information content (AvgIpc) is 2.96. The van der Waals surface area contributed by atoms with E-state index < -0.39 is 39.1 Å². The van der Waals surface area contributed by atoms with Crippen molar-refractivity contribution in [1.29, 1.82) is 0 Å². The highest BCUT2D eigenvalue weighted by Gasteiger charge is 2.44. The van der Waals surface area contributed by atoms with Gasteiger partial charge in [0.05, 0.1) is 12.2 Å². The summed E-state index contributed by atoms with van der Waals surface area (Å²) in [6.45, 7) is 6.54. The van der Waals surface area contributed by atoms with E-state index in [1.54, 1.807) is 27.9 Å². The van der Waals surface area contributed by atoms with Crippen molar-refractivity contribution >= 4 is 22.0 Å². The number of hydrogen-bond acceptors (Lipinski definition) is 7. The van der Waals surface area contributed by atoms with Crippen molar-refractivity contribution in [2.45, 2.75) is 63.5 Å². The SMILES string of the molecule is COCCCCC1(CNC(=O)C2CC(N(C)S(C)(=O)=O)CN(C(=O)OC(C)(C)C)C2)c2ccccc2Oc2ccccc21. The molecule has 2 atom stereocenters. The number of amides is 2. The van der Waals surface area contributed by atoms with Crippen LogP contribution in [-0.4, -0.2) is 87.9 Å². The smallest absolute Gasteiger partial charge is 0.410 e. The first-order chi connectivity index (χ1) is 20.2. The van der Waals surface area contributed by atoms with Gasteiger partial charge in [-0.25, -0.2) is 17.5 Å². The molecule has 0 spiro atoms. The molecular weight excluding hydrogens is 570 g/mol. The molecule has 2 aliphatic rings. The largest absolute Gasteiger partial charge is 0.457 e. The third-order valence-corrected chi connectivity index (χ3v) is 9.62. The van der Waals surface area contributed by atoms with Gasteiger partial charge in [0, 0.05) is 63.0 Å². The van der Waals surface area contributed by atoms with Crippen molar-refractivity contribution in [1.82, 2.24) is 14.5 Å². The van der Waals surface area contributed by atoms with Gasteiger partial charge in [0.2, 0.25) is 15.9 Å². The molecule has 2 unspecified atom stereocenters. The number of rotatable bonds is 10. The van der Waals surface area contributed by atoms with E-state index in [1.807, 2.05) is 36.4 Å². The standard InChI is InChI=1S/C32H45N3O7S/c1-31(2,3)42-30(37)35-20-23(19-24(21-35)34(4)43(6,38)39)29(36)33-22-32(17-11-12-18-40-5)25-13-7-9-15-27(25)41-28-16-10-8-14-26(28)32/h7-10,13-16,23-24H,11-12,17-22H2,1-6H3,(H,33,36). The van der Waals surface area contributed by atoms with Crippen LogP contribution in [-0.2, 0) is 29.7 Å². The fraction of sp³-hybridized carbons (Fsp3) is 0.562. The van der Waals surface area contributed by atoms with Crippen LogP contribution in [0, 0.1) is 5.92 Å². The quantitative estimate of drug-likeness (QED) is 0.391. The van der Waals surface area contributed by atoms with Crippen LogP contribution in [0.25, 0.3) is 0 Å². The van der Waals surface area contributed by atoms with Crippen LogP contribution in [0.15, 0.2) is 48.5 Å². The Balaban J connectivity index is 1.63. The molecule has 0 aromatic heterocycles. The third-order valence-electron chi connectivity index (χ3n) is 8.28. The van der Waals surface area contributed by atoms with E-state index in [4.69, 9.17) is 14.2 Å². The first-order valence-electron chi connectivity index (χ1n) is 14.8. The second-order valence-electron chi connectivity index (χ2n) is 12.6. The van der Waals surface area contributed by atoms with Crippen molar-refractivity contribution in [3.63, 3.8) is 0 Å². The molecule has 0 aliphatic carbocycles. The van der Waals surface area contributed by atoms with Crippen molar-refractivity contribution in [2.75, 3.05) is 46.7 Å². The van der Waals surface area contributed by atoms with E-state index in [0.717, 1.165) is 48.1 Å². The summed E-state index contributed by atoms with van der Waals surface area (Å²) in [5.41, 5.74) is 0.709. The highest BCUT2D eigenvalue weighted by atomic mass is 32.2. The molecule has 2 amide bonds. The minimum absolute atomic E-state index is 0.131. The summed E-state index contributed by atoms with van der Waals surface area (Å²) < 4.78 is 43.3. The predicted molar refractivity (Wildman–Crippen MR) is 165 cm³/mol. The summed E-state index contributed by atoms with van der Waals surface area (Å²) in [4.78, 5) is 28.5. The minimum Gasteiger partial charge on any atom is -0.457 e. The highest BCUT2D eigenvalue weighted by Crippen LogP contribution is 2.50. The number of benzene rings is 2. The second-order valence-corrected chi connectivity index (χ2v) is 14.6. The Morgan fingerprint density at radius 3 is 2.21 bits per heavy atom. The normalized spacial score (nSPS) is 19.7. The molecule has 1 fully saturated rings. The molecule has 2 heterocycles. The summed E-state index contributed by atoms with van der Waals surface area (Å²) in [5, 5.41) is 3.22. The van der Waals surface area contributed by atoms with Gasteiger partial charge in [-0.15, -0.1) is 0 Å². The molecule has 1 N–H and O–H groups in total. The monoisotopic (exact) mass is 615 g/mol. The van der Waals surface area contributed by atoms with Gasteiger partial charge in [-0.05, 0) is 58.6 Å². The summed E-state index contributed by atoms with van der Waals surface area (Å²) in [7, 11) is -0.385. The zero-order chi connectivity index (χ0) is 31.4. The highest BCUT2D eigenvalue weighted by molar-refractivity contribution is 7.88. The first-order valence-corrected chi connectivity index (χ1v) is 16.6. The Hall–Kier alpha value is -3.15.